The molecule has 1 heteroatoms. The van der Waals surface area contributed by atoms with Gasteiger partial charge in [-0.1, -0.05) is 396 Å². The van der Waals surface area contributed by atoms with Crippen LogP contribution in [0.25, 0.3) is 0 Å². The van der Waals surface area contributed by atoms with Crippen LogP contribution in [-0.2, 0) is 6.42 Å². The number of benzene rings is 1. The van der Waals surface area contributed by atoms with Gasteiger partial charge in [0.15, 0.2) is 0 Å². The van der Waals surface area contributed by atoms with E-state index in [4.69, 9.17) is 10.7 Å². The van der Waals surface area contributed by atoms with Crippen LogP contribution in [0.1, 0.15) is 409 Å². The van der Waals surface area contributed by atoms with E-state index in [1.54, 1.807) is 0 Å². The van der Waals surface area contributed by atoms with Crippen LogP contribution in [0.5, 0.6) is 0 Å². The Kier molecular flexibility index (Phi) is 56.8. The Labute approximate surface area is 548 Å². The molecule has 6 fully saturated rings. The second kappa shape index (κ2) is 59.0. The average molecular weight is 1200 g/mol. The Hall–Kier alpha value is -1.29. The molecule has 0 spiro atoms. The minimum atomic E-state index is -1.06. The van der Waals surface area contributed by atoms with Gasteiger partial charge in [0.2, 0.25) is 0 Å². The molecule has 1 aromatic carbocycles. The standard InChI is InChI=1S/C11H22.C10H14.C10H20.3C9H18.C8H16.C8H18.C4H7N.2C3H8/c1-10(2)11-8-6-4-3-5-7-9-11;1-9(2)8-10-6-4-3-5-7-10;1-9(2)10-7-5-3-4-6-8-10;1-8(2)9(3)6-4-5-7-9;2*1-8(2)9-6-4-3-5-7-9;1-7(2)8-5-3-4-6-8;1-7(2)6-8(3,4)5;1-4(2)3-5;2*1-3-2/h10-11H,3-9H2,1-2H3;3-7,9H,8H2,1-2H3;9-10H,3-8H2,1-2H3;8H,4-7H2,1-3H3;2*8-9H,3-7H2,1-2H3;7-8H,3-6H2,1-2H3;7H,6H2,1-5H3;4H,1-2H3;2*3H2,1-2H3/i;;;;9D;;;6D2;;3D;. The van der Waals surface area contributed by atoms with Gasteiger partial charge in [-0.05, 0) is 133 Å². The van der Waals surface area contributed by atoms with Gasteiger partial charge in [-0.3, -0.25) is 0 Å². The van der Waals surface area contributed by atoms with Crippen LogP contribution < -0.4 is 0 Å². The molecule has 6 aliphatic carbocycles. The van der Waals surface area contributed by atoms with Gasteiger partial charge in [0.05, 0.1) is 6.07 Å². The van der Waals surface area contributed by atoms with Crippen LogP contribution in [0, 0.1) is 105 Å². The summed E-state index contributed by atoms with van der Waals surface area (Å²) in [5.41, 5.74) is 1.89. The molecule has 0 radical (unpaired) electrons. The third-order valence-electron chi connectivity index (χ3n) is 18.8. The molecule has 0 saturated heterocycles. The summed E-state index contributed by atoms with van der Waals surface area (Å²) in [4.78, 5) is 0. The van der Waals surface area contributed by atoms with Crippen LogP contribution >= 0.6 is 0 Å². The van der Waals surface area contributed by atoms with Gasteiger partial charge >= 0.3 is 0 Å². The molecule has 7 rings (SSSR count). The van der Waals surface area contributed by atoms with Crippen molar-refractivity contribution in [2.24, 2.45) is 93.7 Å². The monoisotopic (exact) mass is 1190 g/mol. The predicted molar refractivity (Wildman–Crippen MR) is 394 cm³/mol. The van der Waals surface area contributed by atoms with Crippen molar-refractivity contribution in [2.75, 3.05) is 0 Å². The Bertz CT molecular complexity index is 1630. The quantitative estimate of drug-likeness (QED) is 0.226. The van der Waals surface area contributed by atoms with Gasteiger partial charge < -0.3 is 0 Å². The lowest BCUT2D eigenvalue weighted by Gasteiger charge is -2.27. The largest absolute Gasteiger partial charge is 0.198 e. The van der Waals surface area contributed by atoms with Gasteiger partial charge in [-0.15, -0.1) is 0 Å². The van der Waals surface area contributed by atoms with Gasteiger partial charge in [-0.25, -0.2) is 0 Å². The molecule has 0 atom stereocenters. The van der Waals surface area contributed by atoms with E-state index in [1.807, 2.05) is 68.4 Å². The predicted octanol–water partition coefficient (Wildman–Crippen LogP) is 30.1. The maximum atomic E-state index is 8.08. The zero-order chi connectivity index (χ0) is 69.2. The first kappa shape index (κ1) is 81.7. The lowest BCUT2D eigenvalue weighted by molar-refractivity contribution is 0.228. The summed E-state index contributed by atoms with van der Waals surface area (Å²) in [7, 11) is 0. The van der Waals surface area contributed by atoms with Crippen molar-refractivity contribution >= 4 is 0 Å². The molecule has 0 bridgehead atoms. The maximum Gasteiger partial charge on any atom is 0.0649 e. The minimum Gasteiger partial charge on any atom is -0.198 e. The van der Waals surface area contributed by atoms with E-state index in [1.165, 1.54) is 205 Å². The van der Waals surface area contributed by atoms with Crippen LogP contribution in [-0.4, -0.2) is 0 Å². The zero-order valence-electron chi connectivity index (χ0n) is 67.8. The third-order valence-corrected chi connectivity index (χ3v) is 18.8. The van der Waals surface area contributed by atoms with Crippen LogP contribution in [0.4, 0.5) is 0 Å². The Morgan fingerprint density at radius 1 is 0.447 bits per heavy atom. The smallest absolute Gasteiger partial charge is 0.0649 e. The van der Waals surface area contributed by atoms with Crippen LogP contribution in [0.2, 0.25) is 0 Å². The lowest BCUT2D eigenvalue weighted by atomic mass is 9.78. The molecule has 6 saturated carbocycles. The van der Waals surface area contributed by atoms with Gasteiger partial charge in [0.25, 0.3) is 0 Å². The molecule has 0 aliphatic heterocycles. The van der Waals surface area contributed by atoms with Crippen molar-refractivity contribution in [3.8, 4) is 6.07 Å². The first-order valence-corrected chi connectivity index (χ1v) is 37.8. The summed E-state index contributed by atoms with van der Waals surface area (Å²) in [6, 6.07) is 12.6. The molecule has 1 nitrogen and oxygen atoms in total. The van der Waals surface area contributed by atoms with Crippen LogP contribution in [0.15, 0.2) is 30.3 Å². The molecule has 6 aliphatic rings. The van der Waals surface area contributed by atoms with Gasteiger partial charge in [0.1, 0.15) is 0 Å². The average Bonchev–Trinajstić information content (AvgIpc) is 4.33. The Morgan fingerprint density at radius 3 is 0.894 bits per heavy atom. The normalized spacial score (nSPS) is 20.0. The van der Waals surface area contributed by atoms with Crippen molar-refractivity contribution in [2.45, 2.75) is 405 Å². The van der Waals surface area contributed by atoms with Crippen molar-refractivity contribution in [1.82, 2.24) is 0 Å². The zero-order valence-corrected chi connectivity index (χ0v) is 63.8. The molecule has 0 amide bonds. The first-order valence-electron chi connectivity index (χ1n) is 39.9. The highest BCUT2D eigenvalue weighted by Gasteiger charge is 2.31. The van der Waals surface area contributed by atoms with E-state index in [0.717, 1.165) is 72.0 Å². The first-order chi connectivity index (χ1) is 41.4. The molecule has 0 N–H and O–H groups in total. The SMILES string of the molecule is CC(C)C#N.CC(C)C1(C)CCCC1.CC(C)C1CCCC1.CC(C)C1CCCCC1.CC(C)C1CCCCCC1.CC(C)C1CCCCCCC1.CC(C)Cc1ccccc1.CCC.[2H]C(C)C.[2H]C([2H])(C(C)C)C(C)(C)C.[2H]C1(C(C)C)CCCCC1. The maximum absolute atomic E-state index is 8.08. The molecule has 0 heterocycles. The second-order valence-corrected chi connectivity index (χ2v) is 31.9. The lowest BCUT2D eigenvalue weighted by Crippen LogP contribution is -2.18. The number of hydrogen-bond donors (Lipinski definition) is 0. The second-order valence-electron chi connectivity index (χ2n) is 31.9. The molecule has 0 unspecified atom stereocenters. The molecular weight excluding hydrogens is 1020 g/mol. The Morgan fingerprint density at radius 2 is 0.706 bits per heavy atom. The molecule has 1 aromatic rings. The summed E-state index contributed by atoms with van der Waals surface area (Å²) in [6.07, 6.45) is 46.3. The van der Waals surface area contributed by atoms with E-state index in [2.05, 4.69) is 148 Å². The summed E-state index contributed by atoms with van der Waals surface area (Å²) in [5.74, 6) is 10.3. The highest BCUT2D eigenvalue weighted by Crippen LogP contribution is 2.43. The van der Waals surface area contributed by atoms with E-state index < -0.39 is 6.37 Å². The summed E-state index contributed by atoms with van der Waals surface area (Å²) < 4.78 is 30.1. The highest BCUT2D eigenvalue weighted by atomic mass is 14.4. The summed E-state index contributed by atoms with van der Waals surface area (Å²) in [6.45, 7) is 56.2. The summed E-state index contributed by atoms with van der Waals surface area (Å²) in [5, 5.41) is 7.89. The Balaban J connectivity index is -0.000000452. The van der Waals surface area contributed by atoms with Crippen molar-refractivity contribution in [1.29, 1.82) is 5.26 Å². The number of nitriles is 1. The number of nitrogens with zero attached hydrogens (tertiary/aromatic N) is 1. The fourth-order valence-electron chi connectivity index (χ4n) is 12.9. The van der Waals surface area contributed by atoms with E-state index >= 15 is 0 Å². The van der Waals surface area contributed by atoms with E-state index in [0.29, 0.717) is 11.3 Å². The van der Waals surface area contributed by atoms with Gasteiger partial charge in [-0.2, -0.15) is 5.26 Å². The summed E-state index contributed by atoms with van der Waals surface area (Å²) >= 11 is 0. The van der Waals surface area contributed by atoms with Crippen LogP contribution in [0.3, 0.4) is 0 Å². The fourth-order valence-corrected chi connectivity index (χ4v) is 12.9. The van der Waals surface area contributed by atoms with Crippen molar-refractivity contribution < 1.29 is 5.48 Å². The topological polar surface area (TPSA) is 23.8 Å². The molecule has 508 valence electrons. The molecular formula is C84H167N. The molecule has 0 aromatic heterocycles. The van der Waals surface area contributed by atoms with Crippen molar-refractivity contribution in [3.05, 3.63) is 35.9 Å². The third kappa shape index (κ3) is 60.1. The van der Waals surface area contributed by atoms with Gasteiger partial charge in [0, 0.05) is 11.4 Å². The van der Waals surface area contributed by atoms with E-state index in [9.17, 15) is 0 Å². The highest BCUT2D eigenvalue weighted by molar-refractivity contribution is 5.14. The minimum absolute atomic E-state index is 0.0712. The number of hydrogen-bond acceptors (Lipinski definition) is 1. The van der Waals surface area contributed by atoms with E-state index in [-0.39, 0.29) is 29.5 Å². The fraction of sp³-hybridized carbons (Fsp3) is 0.917. The molecule has 85 heavy (non-hydrogen) atoms. The number of rotatable bonds is 9. The van der Waals surface area contributed by atoms with Crippen molar-refractivity contribution in [3.63, 3.8) is 0 Å².